The molecule has 15 heavy (non-hydrogen) atoms. The molecule has 84 valence electrons. The topological polar surface area (TPSA) is 64.3 Å². The Morgan fingerprint density at radius 1 is 1.60 bits per heavy atom. The Morgan fingerprint density at radius 3 is 3.00 bits per heavy atom. The summed E-state index contributed by atoms with van der Waals surface area (Å²) in [6.07, 6.45) is 0.116. The van der Waals surface area contributed by atoms with E-state index in [0.717, 1.165) is 16.7 Å². The first-order chi connectivity index (χ1) is 7.20. The fourth-order valence-corrected chi connectivity index (χ4v) is 2.43. The summed E-state index contributed by atoms with van der Waals surface area (Å²) in [6, 6.07) is 0.347. The highest BCUT2D eigenvalue weighted by Crippen LogP contribution is 2.24. The third-order valence-electron chi connectivity index (χ3n) is 2.53. The van der Waals surface area contributed by atoms with Gasteiger partial charge in [-0.2, -0.15) is 0 Å². The van der Waals surface area contributed by atoms with Gasteiger partial charge in [-0.3, -0.25) is 0 Å². The number of ether oxygens (including phenoxy) is 1. The van der Waals surface area contributed by atoms with Gasteiger partial charge in [-0.1, -0.05) is 11.3 Å². The number of aromatic nitrogens is 2. The van der Waals surface area contributed by atoms with Gasteiger partial charge in [0.15, 0.2) is 0 Å². The van der Waals surface area contributed by atoms with E-state index in [9.17, 15) is 0 Å². The summed E-state index contributed by atoms with van der Waals surface area (Å²) in [6.45, 7) is 6.17. The quantitative estimate of drug-likeness (QED) is 0.793. The van der Waals surface area contributed by atoms with Crippen LogP contribution in [0.2, 0.25) is 0 Å². The molecule has 1 aliphatic rings. The Kier molecular flexibility index (Phi) is 3.18. The predicted octanol–water partition coefficient (Wildman–Crippen LogP) is 0.399. The van der Waals surface area contributed by atoms with Crippen molar-refractivity contribution in [1.82, 2.24) is 10.2 Å². The van der Waals surface area contributed by atoms with Crippen LogP contribution in [-0.2, 0) is 4.74 Å². The second kappa shape index (κ2) is 4.42. The van der Waals surface area contributed by atoms with Crippen molar-refractivity contribution < 1.29 is 4.74 Å². The van der Waals surface area contributed by atoms with Gasteiger partial charge in [-0.25, -0.2) is 0 Å². The van der Waals surface area contributed by atoms with Crippen molar-refractivity contribution in [2.75, 3.05) is 24.6 Å². The van der Waals surface area contributed by atoms with Gasteiger partial charge in [0.05, 0.1) is 18.8 Å². The lowest BCUT2D eigenvalue weighted by atomic mass is 10.2. The summed E-state index contributed by atoms with van der Waals surface area (Å²) in [7, 11) is 0. The third kappa shape index (κ3) is 2.27. The zero-order valence-corrected chi connectivity index (χ0v) is 9.83. The number of anilines is 1. The molecule has 5 nitrogen and oxygen atoms in total. The van der Waals surface area contributed by atoms with Crippen molar-refractivity contribution in [1.29, 1.82) is 0 Å². The highest BCUT2D eigenvalue weighted by Gasteiger charge is 2.27. The van der Waals surface area contributed by atoms with E-state index >= 15 is 0 Å². The van der Waals surface area contributed by atoms with Gasteiger partial charge in [0, 0.05) is 13.1 Å². The molecule has 0 saturated carbocycles. The van der Waals surface area contributed by atoms with Crippen LogP contribution in [0.3, 0.4) is 0 Å². The Hall–Kier alpha value is -0.720. The highest BCUT2D eigenvalue weighted by atomic mass is 32.1. The van der Waals surface area contributed by atoms with Crippen molar-refractivity contribution in [3.8, 4) is 0 Å². The largest absolute Gasteiger partial charge is 0.373 e. The molecule has 1 saturated heterocycles. The molecule has 2 unspecified atom stereocenters. The first-order valence-electron chi connectivity index (χ1n) is 5.09. The number of aryl methyl sites for hydroxylation is 1. The van der Waals surface area contributed by atoms with Crippen molar-refractivity contribution in [2.24, 2.45) is 5.73 Å². The summed E-state index contributed by atoms with van der Waals surface area (Å²) in [5.41, 5.74) is 5.61. The van der Waals surface area contributed by atoms with Crippen LogP contribution in [0.5, 0.6) is 0 Å². The van der Waals surface area contributed by atoms with Crippen LogP contribution in [0.25, 0.3) is 0 Å². The average Bonchev–Trinajstić information content (AvgIpc) is 2.65. The number of nitrogens with zero attached hydrogens (tertiary/aromatic N) is 3. The van der Waals surface area contributed by atoms with Crippen molar-refractivity contribution in [3.63, 3.8) is 0 Å². The highest BCUT2D eigenvalue weighted by molar-refractivity contribution is 7.15. The summed E-state index contributed by atoms with van der Waals surface area (Å²) in [5, 5.41) is 10.2. The fourth-order valence-electron chi connectivity index (χ4n) is 1.63. The molecule has 0 aliphatic carbocycles. The van der Waals surface area contributed by atoms with Crippen LogP contribution in [0, 0.1) is 6.92 Å². The van der Waals surface area contributed by atoms with E-state index in [0.29, 0.717) is 19.2 Å². The van der Waals surface area contributed by atoms with Gasteiger partial charge >= 0.3 is 0 Å². The van der Waals surface area contributed by atoms with E-state index in [2.05, 4.69) is 22.0 Å². The molecule has 6 heteroatoms. The zero-order valence-electron chi connectivity index (χ0n) is 9.01. The van der Waals surface area contributed by atoms with Crippen LogP contribution < -0.4 is 10.6 Å². The number of rotatable bonds is 2. The molecule has 2 atom stereocenters. The average molecular weight is 228 g/mol. The molecule has 1 fully saturated rings. The molecule has 0 spiro atoms. The number of morpholine rings is 1. The minimum Gasteiger partial charge on any atom is -0.373 e. The lowest BCUT2D eigenvalue weighted by Crippen LogP contribution is -2.50. The lowest BCUT2D eigenvalue weighted by molar-refractivity contribution is 0.0282. The smallest absolute Gasteiger partial charge is 0.208 e. The molecule has 1 aromatic rings. The number of hydrogen-bond donors (Lipinski definition) is 1. The fraction of sp³-hybridized carbons (Fsp3) is 0.778. The van der Waals surface area contributed by atoms with Crippen molar-refractivity contribution in [3.05, 3.63) is 5.01 Å². The van der Waals surface area contributed by atoms with Crippen LogP contribution in [0.4, 0.5) is 5.13 Å². The van der Waals surface area contributed by atoms with E-state index in [1.54, 1.807) is 11.3 Å². The van der Waals surface area contributed by atoms with Crippen LogP contribution in [-0.4, -0.2) is 42.0 Å². The number of nitrogens with two attached hydrogens (primary N) is 1. The monoisotopic (exact) mass is 228 g/mol. The van der Waals surface area contributed by atoms with Gasteiger partial charge in [-0.15, -0.1) is 10.2 Å². The van der Waals surface area contributed by atoms with E-state index in [-0.39, 0.29) is 6.10 Å². The third-order valence-corrected chi connectivity index (χ3v) is 3.41. The standard InChI is InChI=1S/C9H16N4OS/c1-6-5-14-8(3-10)4-13(6)9-12-11-7(2)15-9/h6,8H,3-5,10H2,1-2H3. The molecular formula is C9H16N4OS. The summed E-state index contributed by atoms with van der Waals surface area (Å²) in [5.74, 6) is 0. The predicted molar refractivity (Wildman–Crippen MR) is 60.2 cm³/mol. The molecule has 1 aromatic heterocycles. The Morgan fingerprint density at radius 2 is 2.40 bits per heavy atom. The Bertz CT molecular complexity index is 330. The molecule has 0 amide bonds. The molecular weight excluding hydrogens is 212 g/mol. The Labute approximate surface area is 93.2 Å². The van der Waals surface area contributed by atoms with Gasteiger partial charge in [0.1, 0.15) is 5.01 Å². The maximum atomic E-state index is 5.61. The van der Waals surface area contributed by atoms with Crippen molar-refractivity contribution >= 4 is 16.5 Å². The first kappa shape index (κ1) is 10.8. The van der Waals surface area contributed by atoms with Crippen LogP contribution in [0.1, 0.15) is 11.9 Å². The van der Waals surface area contributed by atoms with Gasteiger partial charge in [0.25, 0.3) is 0 Å². The minimum atomic E-state index is 0.116. The normalized spacial score (nSPS) is 27.0. The molecule has 2 rings (SSSR count). The van der Waals surface area contributed by atoms with E-state index in [4.69, 9.17) is 10.5 Å². The van der Waals surface area contributed by atoms with Gasteiger partial charge in [-0.05, 0) is 13.8 Å². The maximum Gasteiger partial charge on any atom is 0.208 e. The second-order valence-corrected chi connectivity index (χ2v) is 4.96. The second-order valence-electron chi connectivity index (χ2n) is 3.80. The molecule has 2 heterocycles. The molecule has 0 radical (unpaired) electrons. The minimum absolute atomic E-state index is 0.116. The Balaban J connectivity index is 2.12. The zero-order chi connectivity index (χ0) is 10.8. The maximum absolute atomic E-state index is 5.61. The number of hydrogen-bond acceptors (Lipinski definition) is 6. The lowest BCUT2D eigenvalue weighted by Gasteiger charge is -2.37. The molecule has 1 aliphatic heterocycles. The molecule has 2 N–H and O–H groups in total. The van der Waals surface area contributed by atoms with Crippen LogP contribution in [0.15, 0.2) is 0 Å². The summed E-state index contributed by atoms with van der Waals surface area (Å²) in [4.78, 5) is 2.23. The van der Waals surface area contributed by atoms with Crippen molar-refractivity contribution in [2.45, 2.75) is 26.0 Å². The van der Waals surface area contributed by atoms with E-state index in [1.165, 1.54) is 0 Å². The van der Waals surface area contributed by atoms with E-state index in [1.807, 2.05) is 6.92 Å². The summed E-state index contributed by atoms with van der Waals surface area (Å²) >= 11 is 1.62. The van der Waals surface area contributed by atoms with Gasteiger partial charge < -0.3 is 15.4 Å². The first-order valence-corrected chi connectivity index (χ1v) is 5.90. The van der Waals surface area contributed by atoms with Gasteiger partial charge in [0.2, 0.25) is 5.13 Å². The SMILES string of the molecule is Cc1nnc(N2CC(CN)OCC2C)s1. The van der Waals surface area contributed by atoms with Crippen LogP contribution >= 0.6 is 11.3 Å². The summed E-state index contributed by atoms with van der Waals surface area (Å²) < 4.78 is 5.59. The molecule has 0 bridgehead atoms. The molecule has 0 aromatic carbocycles. The van der Waals surface area contributed by atoms with E-state index < -0.39 is 0 Å².